The molecular weight excluding hydrogens is 110 g/mol. The molecule has 5 rings (SSSR count). The lowest BCUT2D eigenvalue weighted by Crippen LogP contribution is -2.08. The van der Waals surface area contributed by atoms with Crippen molar-refractivity contribution in [2.45, 2.75) is 22.1 Å². The molecule has 30 valence electrons. The topological polar surface area (TPSA) is 0 Å². The van der Waals surface area contributed by atoms with E-state index in [0.29, 0.717) is 0 Å². The Bertz CT molecular complexity index is 80.6. The van der Waals surface area contributed by atoms with E-state index in [0.717, 1.165) is 15.8 Å². The van der Waals surface area contributed by atoms with Gasteiger partial charge in [0.25, 0.3) is 0 Å². The highest BCUT2D eigenvalue weighted by Gasteiger charge is 2.98. The molecule has 2 atom stereocenters. The quantitative estimate of drug-likeness (QED) is 0.417. The van der Waals surface area contributed by atoms with Gasteiger partial charge in [-0.15, -0.1) is 0 Å². The Morgan fingerprint density at radius 1 is 0.833 bits per heavy atom. The fraction of sp³-hybridized carbons (Fsp3) is 1.00. The van der Waals surface area contributed by atoms with Crippen molar-refractivity contribution < 1.29 is 0 Å². The summed E-state index contributed by atoms with van der Waals surface area (Å²) in [5.41, 5.74) is 2.85. The smallest absolute Gasteiger partial charge is 0.00864 e. The normalized spacial score (nSPS) is 108. The zero-order chi connectivity index (χ0) is 3.46. The molecule has 5 aliphatic rings. The van der Waals surface area contributed by atoms with Crippen molar-refractivity contribution in [1.29, 1.82) is 0 Å². The minimum atomic E-state index is 0.851. The van der Waals surface area contributed by atoms with Crippen LogP contribution in [0.3, 0.4) is 0 Å². The lowest BCUT2D eigenvalue weighted by atomic mass is 10.4. The molecule has 6 heavy (non-hydrogen) atoms. The second-order valence-electron chi connectivity index (χ2n) is 2.70. The predicted molar refractivity (Wildman–Crippen MR) is 29.0 cm³/mol. The van der Waals surface area contributed by atoms with Gasteiger partial charge in [0.05, 0.1) is 0 Å². The van der Waals surface area contributed by atoms with Gasteiger partial charge in [-0.1, -0.05) is 15.8 Å². The van der Waals surface area contributed by atoms with Crippen molar-refractivity contribution in [3.8, 4) is 0 Å². The highest BCUT2D eigenvalue weighted by molar-refractivity contribution is 8.11. The van der Waals surface area contributed by atoms with E-state index in [1.54, 1.807) is 0 Å². The summed E-state index contributed by atoms with van der Waals surface area (Å²) in [7, 11) is 1.70. The first kappa shape index (κ1) is 2.42. The molecule has 0 amide bonds. The average molecular weight is 114 g/mol. The van der Waals surface area contributed by atoms with E-state index in [1.165, 1.54) is 22.1 Å². The van der Waals surface area contributed by atoms with Crippen molar-refractivity contribution in [1.82, 2.24) is 0 Å². The van der Waals surface area contributed by atoms with Crippen LogP contribution in [0.5, 0.6) is 0 Å². The zero-order valence-corrected chi connectivity index (χ0v) is 4.99. The minimum absolute atomic E-state index is 0.851. The molecule has 0 N–H and O–H groups in total. The molecule has 0 nitrogen and oxygen atoms in total. The third kappa shape index (κ3) is 0.0671. The van der Waals surface area contributed by atoms with Crippen LogP contribution in [0.15, 0.2) is 0 Å². The zero-order valence-electron chi connectivity index (χ0n) is 3.20. The molecule has 0 aromatic carbocycles. The lowest BCUT2D eigenvalue weighted by Gasteiger charge is -2.04. The van der Waals surface area contributed by atoms with Crippen molar-refractivity contribution in [3.63, 3.8) is 0 Å². The average Bonchev–Trinajstić information content (AvgIpc) is 1.64. The lowest BCUT2D eigenvalue weighted by molar-refractivity contribution is 0.989. The van der Waals surface area contributed by atoms with Gasteiger partial charge in [0.2, 0.25) is 0 Å². The SMILES string of the molecule is C12C3C4P1C2P34. The molecule has 2 unspecified atom stereocenters. The maximum atomic E-state index is 1.46. The summed E-state index contributed by atoms with van der Waals surface area (Å²) in [6, 6.07) is 0. The Kier molecular flexibility index (Phi) is 0.157. The van der Waals surface area contributed by atoms with E-state index < -0.39 is 0 Å². The third-order valence-corrected chi connectivity index (χ3v) is 12.3. The number of rotatable bonds is 0. The van der Waals surface area contributed by atoms with Gasteiger partial charge in [-0.25, -0.2) is 0 Å². The van der Waals surface area contributed by atoms with Crippen molar-refractivity contribution in [3.05, 3.63) is 0 Å². The predicted octanol–water partition coefficient (Wildman–Crippen LogP) is 1.39. The first-order valence-corrected chi connectivity index (χ1v) is 5.65. The monoisotopic (exact) mass is 114 g/mol. The molecular formula is C4H4P2. The van der Waals surface area contributed by atoms with Crippen LogP contribution in [0.1, 0.15) is 0 Å². The van der Waals surface area contributed by atoms with Crippen molar-refractivity contribution in [2.75, 3.05) is 0 Å². The van der Waals surface area contributed by atoms with Gasteiger partial charge in [-0.2, -0.15) is 0 Å². The highest BCUT2D eigenvalue weighted by atomic mass is 31.3. The molecule has 0 saturated carbocycles. The second kappa shape index (κ2) is 0.389. The van der Waals surface area contributed by atoms with Crippen molar-refractivity contribution in [2.24, 2.45) is 0 Å². The van der Waals surface area contributed by atoms with E-state index in [-0.39, 0.29) is 0 Å². The molecule has 0 spiro atoms. The van der Waals surface area contributed by atoms with Crippen LogP contribution in [-0.4, -0.2) is 22.1 Å². The van der Waals surface area contributed by atoms with E-state index in [1.807, 2.05) is 0 Å². The van der Waals surface area contributed by atoms with E-state index in [2.05, 4.69) is 0 Å². The largest absolute Gasteiger partial charge is 0.0853 e. The van der Waals surface area contributed by atoms with Crippen molar-refractivity contribution >= 4 is 15.8 Å². The summed E-state index contributed by atoms with van der Waals surface area (Å²) in [6.45, 7) is 0. The summed E-state index contributed by atoms with van der Waals surface area (Å²) >= 11 is 0. The fourth-order valence-electron chi connectivity index (χ4n) is 2.27. The first-order valence-electron chi connectivity index (χ1n) is 2.55. The van der Waals surface area contributed by atoms with Crippen LogP contribution in [-0.2, 0) is 0 Å². The standard InChI is InChI=1S/C4H4P2/c1-2-4-5(1)3(1)6(2)4/h1-4H. The van der Waals surface area contributed by atoms with Gasteiger partial charge in [0.1, 0.15) is 0 Å². The Hall–Kier alpha value is 0.860. The van der Waals surface area contributed by atoms with Crippen LogP contribution in [0.2, 0.25) is 0 Å². The molecule has 0 aliphatic carbocycles. The summed E-state index contributed by atoms with van der Waals surface area (Å²) in [4.78, 5) is 0. The Morgan fingerprint density at radius 2 is 1.33 bits per heavy atom. The molecule has 0 aromatic rings. The van der Waals surface area contributed by atoms with Crippen LogP contribution in [0.4, 0.5) is 0 Å². The summed E-state index contributed by atoms with van der Waals surface area (Å²) in [5, 5.41) is 2.93. The van der Waals surface area contributed by atoms with Crippen LogP contribution in [0, 0.1) is 0 Å². The number of hydrogen-bond donors (Lipinski definition) is 0. The van der Waals surface area contributed by atoms with E-state index >= 15 is 0 Å². The van der Waals surface area contributed by atoms with Gasteiger partial charge in [-0.05, 0) is 11.3 Å². The van der Waals surface area contributed by atoms with Crippen LogP contribution < -0.4 is 0 Å². The Labute approximate surface area is 38.8 Å². The van der Waals surface area contributed by atoms with Gasteiger partial charge in [0, 0.05) is 10.8 Å². The summed E-state index contributed by atoms with van der Waals surface area (Å²) in [6.07, 6.45) is 0. The molecule has 5 fully saturated rings. The van der Waals surface area contributed by atoms with Gasteiger partial charge in [0.15, 0.2) is 0 Å². The summed E-state index contributed by atoms with van der Waals surface area (Å²) in [5.74, 6) is 0. The third-order valence-electron chi connectivity index (χ3n) is 2.69. The maximum absolute atomic E-state index is 1.46. The molecule has 5 heterocycles. The summed E-state index contributed by atoms with van der Waals surface area (Å²) < 4.78 is 0. The number of hydrogen-bond acceptors (Lipinski definition) is 0. The molecule has 5 saturated heterocycles. The molecule has 5 aliphatic heterocycles. The van der Waals surface area contributed by atoms with Gasteiger partial charge < -0.3 is 0 Å². The molecule has 0 radical (unpaired) electrons. The Balaban J connectivity index is 2.31. The molecule has 0 aromatic heterocycles. The molecule has 0 bridgehead atoms. The first-order chi connectivity index (χ1) is 3.00. The Morgan fingerprint density at radius 3 is 1.50 bits per heavy atom. The van der Waals surface area contributed by atoms with E-state index in [9.17, 15) is 0 Å². The minimum Gasteiger partial charge on any atom is -0.0853 e. The van der Waals surface area contributed by atoms with E-state index in [4.69, 9.17) is 0 Å². The second-order valence-corrected chi connectivity index (χ2v) is 8.72. The molecule has 2 heteroatoms. The maximum Gasteiger partial charge on any atom is 0.00864 e. The van der Waals surface area contributed by atoms with Crippen LogP contribution >= 0.6 is 15.8 Å². The van der Waals surface area contributed by atoms with Crippen LogP contribution in [0.25, 0.3) is 0 Å². The highest BCUT2D eigenvalue weighted by Crippen LogP contribution is 3.22. The van der Waals surface area contributed by atoms with Gasteiger partial charge in [-0.3, -0.25) is 0 Å². The van der Waals surface area contributed by atoms with Gasteiger partial charge >= 0.3 is 0 Å². The fourth-order valence-corrected chi connectivity index (χ4v) is 14.6.